The minimum absolute atomic E-state index is 0.00973. The molecule has 1 aliphatic rings. The highest BCUT2D eigenvalue weighted by Crippen LogP contribution is 2.31. The van der Waals surface area contributed by atoms with Gasteiger partial charge in [-0.3, -0.25) is 25.1 Å². The molecule has 2 heterocycles. The van der Waals surface area contributed by atoms with Crippen LogP contribution in [-0.2, 0) is 4.79 Å². The summed E-state index contributed by atoms with van der Waals surface area (Å²) in [6.45, 7) is 0. The number of aromatic nitrogens is 1. The first-order valence-electron chi connectivity index (χ1n) is 13.2. The van der Waals surface area contributed by atoms with Gasteiger partial charge in [0, 0.05) is 39.8 Å². The first-order valence-corrected chi connectivity index (χ1v) is 14.1. The second kappa shape index (κ2) is 12.1. The number of hydrogen-bond donors (Lipinski definition) is 1. The number of nitrogens with one attached hydrogen (secondary N) is 1. The number of nitro groups is 1. The summed E-state index contributed by atoms with van der Waals surface area (Å²) >= 11 is 1.24. The van der Waals surface area contributed by atoms with Gasteiger partial charge in [-0.25, -0.2) is 4.98 Å². The van der Waals surface area contributed by atoms with Crippen molar-refractivity contribution in [3.8, 4) is 17.0 Å². The van der Waals surface area contributed by atoms with E-state index in [4.69, 9.17) is 4.74 Å². The predicted octanol–water partition coefficient (Wildman–Crippen LogP) is 6.18. The van der Waals surface area contributed by atoms with E-state index < -0.39 is 10.8 Å². The predicted molar refractivity (Wildman–Crippen MR) is 169 cm³/mol. The van der Waals surface area contributed by atoms with E-state index in [-0.39, 0.29) is 22.9 Å². The maximum atomic E-state index is 13.7. The van der Waals surface area contributed by atoms with Crippen LogP contribution in [0.25, 0.3) is 11.3 Å². The van der Waals surface area contributed by atoms with Gasteiger partial charge >= 0.3 is 5.91 Å². The molecule has 0 aliphatic carbocycles. The van der Waals surface area contributed by atoms with Gasteiger partial charge in [0.1, 0.15) is 11.5 Å². The Balaban J connectivity index is 1.29. The van der Waals surface area contributed by atoms with E-state index in [1.54, 1.807) is 55.6 Å². The lowest BCUT2D eigenvalue weighted by Gasteiger charge is -2.07. The molecule has 0 radical (unpaired) electrons. The van der Waals surface area contributed by atoms with Gasteiger partial charge in [0.25, 0.3) is 5.69 Å². The van der Waals surface area contributed by atoms with Crippen molar-refractivity contribution in [3.63, 3.8) is 0 Å². The Kier molecular flexibility index (Phi) is 7.72. The van der Waals surface area contributed by atoms with Gasteiger partial charge in [-0.2, -0.15) is 15.2 Å². The number of non-ortho nitro benzene ring substituents is 1. The maximum Gasteiger partial charge on any atom is 0.303 e. The van der Waals surface area contributed by atoms with Crippen molar-refractivity contribution in [1.29, 1.82) is 0 Å². The second-order valence-electron chi connectivity index (χ2n) is 9.46. The Bertz CT molecular complexity index is 1920. The smallest absolute Gasteiger partial charge is 0.303 e. The molecule has 0 unspecified atom stereocenters. The molecular formula is C32H22N6O5S. The lowest BCUT2D eigenvalue weighted by atomic mass is 10.0. The van der Waals surface area contributed by atoms with Gasteiger partial charge < -0.3 is 4.74 Å². The Morgan fingerprint density at radius 1 is 0.909 bits per heavy atom. The molecule has 44 heavy (non-hydrogen) atoms. The topological polar surface area (TPSA) is 139 Å². The molecule has 0 saturated heterocycles. The Morgan fingerprint density at radius 2 is 1.57 bits per heavy atom. The number of benzene rings is 4. The Hall–Kier alpha value is -6.01. The summed E-state index contributed by atoms with van der Waals surface area (Å²) in [6.07, 6.45) is 0. The van der Waals surface area contributed by atoms with Gasteiger partial charge in [-0.05, 0) is 60.7 Å². The molecule has 0 saturated carbocycles. The van der Waals surface area contributed by atoms with Crippen LogP contribution in [0.15, 0.2) is 119 Å². The number of nitro benzene ring substituents is 1. The van der Waals surface area contributed by atoms with Gasteiger partial charge in [0.15, 0.2) is 11.5 Å². The number of carbonyl (C=O) groups is 2. The number of ether oxygens (including phenoxy) is 1. The molecule has 1 N–H and O–H groups in total. The third-order valence-electron chi connectivity index (χ3n) is 6.71. The average molecular weight is 603 g/mol. The molecule has 4 aromatic carbocycles. The lowest BCUT2D eigenvalue weighted by molar-refractivity contribution is -0.384. The van der Waals surface area contributed by atoms with Gasteiger partial charge in [-0.15, -0.1) is 11.3 Å². The van der Waals surface area contributed by atoms with Crippen LogP contribution in [0.5, 0.6) is 5.75 Å². The zero-order valence-corrected chi connectivity index (χ0v) is 23.9. The van der Waals surface area contributed by atoms with E-state index in [1.807, 2.05) is 35.7 Å². The Morgan fingerprint density at radius 3 is 2.23 bits per heavy atom. The highest BCUT2D eigenvalue weighted by atomic mass is 32.1. The van der Waals surface area contributed by atoms with Crippen LogP contribution in [0.3, 0.4) is 0 Å². The standard InChI is InChI=1S/C32H22N6O5S/c1-43-26-17-11-20(12-18-26)27-19-44-32(33-27)37-31(40)29(28(36-37)21-9-15-25(16-10-21)38(41)42)35-34-24-13-7-23(8-14-24)30(39)22-5-3-2-4-6-22/h2-19,34H,1H3/b35-29-. The molecule has 1 aliphatic heterocycles. The van der Waals surface area contributed by atoms with Crippen LogP contribution in [0.1, 0.15) is 21.5 Å². The van der Waals surface area contributed by atoms with Crippen molar-refractivity contribution < 1.29 is 19.2 Å². The third-order valence-corrected chi connectivity index (χ3v) is 7.53. The molecule has 6 rings (SSSR count). The highest BCUT2D eigenvalue weighted by molar-refractivity contribution is 7.14. The largest absolute Gasteiger partial charge is 0.497 e. The van der Waals surface area contributed by atoms with E-state index in [0.29, 0.717) is 39.0 Å². The summed E-state index contributed by atoms with van der Waals surface area (Å²) in [6, 6.07) is 28.7. The number of methoxy groups -OCH3 is 1. The van der Waals surface area contributed by atoms with Gasteiger partial charge in [-0.1, -0.05) is 30.3 Å². The molecule has 0 atom stereocenters. The number of anilines is 2. The minimum atomic E-state index is -0.530. The molecule has 5 aromatic rings. The quantitative estimate of drug-likeness (QED) is 0.121. The number of hydrogen-bond acceptors (Lipinski definition) is 10. The van der Waals surface area contributed by atoms with E-state index in [0.717, 1.165) is 10.6 Å². The monoisotopic (exact) mass is 602 g/mol. The summed E-state index contributed by atoms with van der Waals surface area (Å²) in [4.78, 5) is 41.7. The fraction of sp³-hybridized carbons (Fsp3) is 0.0312. The Labute approximate surface area is 254 Å². The van der Waals surface area contributed by atoms with Crippen molar-refractivity contribution in [2.75, 3.05) is 17.5 Å². The highest BCUT2D eigenvalue weighted by Gasteiger charge is 2.36. The molecule has 11 nitrogen and oxygen atoms in total. The fourth-order valence-corrected chi connectivity index (χ4v) is 5.17. The number of ketones is 1. The molecule has 12 heteroatoms. The van der Waals surface area contributed by atoms with Crippen molar-refractivity contribution in [2.24, 2.45) is 10.2 Å². The van der Waals surface area contributed by atoms with Crippen LogP contribution in [0.4, 0.5) is 16.5 Å². The number of nitrogens with zero attached hydrogens (tertiary/aromatic N) is 5. The van der Waals surface area contributed by atoms with E-state index in [1.165, 1.54) is 35.6 Å². The van der Waals surface area contributed by atoms with Crippen LogP contribution < -0.4 is 15.2 Å². The summed E-state index contributed by atoms with van der Waals surface area (Å²) in [5.74, 6) is 0.0644. The van der Waals surface area contributed by atoms with Crippen molar-refractivity contribution in [1.82, 2.24) is 4.98 Å². The van der Waals surface area contributed by atoms with Crippen LogP contribution >= 0.6 is 11.3 Å². The van der Waals surface area contributed by atoms with Crippen LogP contribution in [0, 0.1) is 10.1 Å². The summed E-state index contributed by atoms with van der Waals surface area (Å²) < 4.78 is 5.22. The molecule has 0 fully saturated rings. The van der Waals surface area contributed by atoms with Gasteiger partial charge in [0.2, 0.25) is 5.13 Å². The van der Waals surface area contributed by atoms with Crippen molar-refractivity contribution >= 4 is 51.0 Å². The van der Waals surface area contributed by atoms with E-state index in [2.05, 4.69) is 20.6 Å². The molecule has 0 spiro atoms. The SMILES string of the molecule is COc1ccc(-c2csc(N3N=C(c4ccc([N+](=O)[O-])cc4)/C(=N/Nc4ccc(C(=O)c5ccccc5)cc4)C3=O)n2)cc1. The number of thiazole rings is 1. The van der Waals surface area contributed by atoms with E-state index in [9.17, 15) is 19.7 Å². The summed E-state index contributed by atoms with van der Waals surface area (Å²) in [5, 5.41) is 23.4. The molecule has 0 bridgehead atoms. The van der Waals surface area contributed by atoms with Crippen LogP contribution in [-0.4, -0.2) is 40.1 Å². The molecule has 216 valence electrons. The minimum Gasteiger partial charge on any atom is -0.497 e. The summed E-state index contributed by atoms with van der Waals surface area (Å²) in [7, 11) is 1.59. The van der Waals surface area contributed by atoms with E-state index >= 15 is 0 Å². The number of carbonyl (C=O) groups excluding carboxylic acids is 2. The van der Waals surface area contributed by atoms with Crippen molar-refractivity contribution in [2.45, 2.75) is 0 Å². The third kappa shape index (κ3) is 5.69. The summed E-state index contributed by atoms with van der Waals surface area (Å²) in [5.41, 5.74) is 6.55. The number of hydrazone groups is 2. The molecular weight excluding hydrogens is 580 g/mol. The first-order chi connectivity index (χ1) is 21.4. The lowest BCUT2D eigenvalue weighted by Crippen LogP contribution is -2.28. The zero-order chi connectivity index (χ0) is 30.6. The maximum absolute atomic E-state index is 13.7. The molecule has 1 amide bonds. The average Bonchev–Trinajstić information content (AvgIpc) is 3.69. The number of rotatable bonds is 9. The first kappa shape index (κ1) is 28.1. The van der Waals surface area contributed by atoms with Crippen molar-refractivity contribution in [3.05, 3.63) is 135 Å². The normalized spacial score (nSPS) is 13.6. The number of amides is 1. The van der Waals surface area contributed by atoms with Crippen LogP contribution in [0.2, 0.25) is 0 Å². The second-order valence-corrected chi connectivity index (χ2v) is 10.3. The fourth-order valence-electron chi connectivity index (χ4n) is 4.39. The van der Waals surface area contributed by atoms with Gasteiger partial charge in [0.05, 0.1) is 23.4 Å². The molecule has 1 aromatic heterocycles. The zero-order valence-electron chi connectivity index (χ0n) is 23.1.